The van der Waals surface area contributed by atoms with Crippen molar-refractivity contribution >= 4 is 11.6 Å². The zero-order valence-corrected chi connectivity index (χ0v) is 12.3. The molecule has 0 aliphatic rings. The van der Waals surface area contributed by atoms with Gasteiger partial charge in [0.1, 0.15) is 0 Å². The van der Waals surface area contributed by atoms with Crippen molar-refractivity contribution in [2.75, 3.05) is 6.54 Å². The summed E-state index contributed by atoms with van der Waals surface area (Å²) in [6, 6.07) is 9.84. The Morgan fingerprint density at radius 2 is 1.62 bits per heavy atom. The molecule has 0 radical (unpaired) electrons. The first-order valence-electron chi connectivity index (χ1n) is 6.96. The third-order valence-electron chi connectivity index (χ3n) is 3.32. The summed E-state index contributed by atoms with van der Waals surface area (Å²) >= 11 is 0. The molecule has 126 valence electrons. The van der Waals surface area contributed by atoms with Gasteiger partial charge >= 0.3 is 6.18 Å². The maximum atomic E-state index is 12.4. The van der Waals surface area contributed by atoms with Gasteiger partial charge in [0.2, 0.25) is 0 Å². The van der Waals surface area contributed by atoms with Crippen molar-refractivity contribution in [2.45, 2.75) is 12.6 Å². The van der Waals surface area contributed by atoms with Crippen LogP contribution in [0.2, 0.25) is 0 Å². The highest BCUT2D eigenvalue weighted by Crippen LogP contribution is 2.29. The Morgan fingerprint density at radius 3 is 2.12 bits per heavy atom. The van der Waals surface area contributed by atoms with Gasteiger partial charge in [-0.25, -0.2) is 0 Å². The van der Waals surface area contributed by atoms with Crippen molar-refractivity contribution in [1.82, 2.24) is 5.32 Å². The van der Waals surface area contributed by atoms with Gasteiger partial charge < -0.3 is 5.32 Å². The summed E-state index contributed by atoms with van der Waals surface area (Å²) in [5.74, 6) is -0.406. The number of non-ortho nitro benzene ring substituents is 1. The second-order valence-electron chi connectivity index (χ2n) is 5.00. The quantitative estimate of drug-likeness (QED) is 0.669. The van der Waals surface area contributed by atoms with E-state index >= 15 is 0 Å². The third kappa shape index (κ3) is 4.55. The monoisotopic (exact) mass is 338 g/mol. The number of carbonyl (C=O) groups is 1. The van der Waals surface area contributed by atoms with Crippen LogP contribution < -0.4 is 5.32 Å². The highest BCUT2D eigenvalue weighted by molar-refractivity contribution is 5.94. The molecule has 2 aromatic carbocycles. The number of benzene rings is 2. The van der Waals surface area contributed by atoms with E-state index in [0.29, 0.717) is 12.0 Å². The molecular formula is C16H13F3N2O3. The van der Waals surface area contributed by atoms with Crippen LogP contribution >= 0.6 is 0 Å². The van der Waals surface area contributed by atoms with E-state index in [1.54, 1.807) is 0 Å². The lowest BCUT2D eigenvalue weighted by Crippen LogP contribution is -2.25. The van der Waals surface area contributed by atoms with Crippen molar-refractivity contribution < 1.29 is 22.9 Å². The average molecular weight is 338 g/mol. The molecule has 0 saturated heterocycles. The first-order chi connectivity index (χ1) is 11.3. The van der Waals surface area contributed by atoms with Crippen LogP contribution in [0.1, 0.15) is 21.5 Å². The summed E-state index contributed by atoms with van der Waals surface area (Å²) in [6.07, 6.45) is -4.00. The zero-order valence-electron chi connectivity index (χ0n) is 12.3. The smallest absolute Gasteiger partial charge is 0.352 e. The molecular weight excluding hydrogens is 325 g/mol. The first-order valence-corrected chi connectivity index (χ1v) is 6.96. The lowest BCUT2D eigenvalue weighted by molar-refractivity contribution is -0.384. The largest absolute Gasteiger partial charge is 0.416 e. The Labute approximate surface area is 135 Å². The predicted molar refractivity (Wildman–Crippen MR) is 80.6 cm³/mol. The standard InChI is InChI=1S/C16H13F3N2O3/c17-16(18,19)13-5-1-11(2-6-13)9-10-20-15(22)12-3-7-14(8-4-12)21(23)24/h1-8H,9-10H2,(H,20,22). The van der Waals surface area contributed by atoms with Gasteiger partial charge in [-0.3, -0.25) is 14.9 Å². The summed E-state index contributed by atoms with van der Waals surface area (Å²) < 4.78 is 37.3. The number of amides is 1. The lowest BCUT2D eigenvalue weighted by Gasteiger charge is -2.08. The molecule has 0 aliphatic carbocycles. The van der Waals surface area contributed by atoms with Crippen molar-refractivity contribution in [1.29, 1.82) is 0 Å². The molecule has 0 atom stereocenters. The highest BCUT2D eigenvalue weighted by Gasteiger charge is 2.29. The SMILES string of the molecule is O=C(NCCc1ccc(C(F)(F)F)cc1)c1ccc([N+](=O)[O-])cc1. The molecule has 24 heavy (non-hydrogen) atoms. The van der Waals surface area contributed by atoms with Gasteiger partial charge in [-0.2, -0.15) is 13.2 Å². The molecule has 0 aromatic heterocycles. The number of nitro benzene ring substituents is 1. The van der Waals surface area contributed by atoms with Crippen LogP contribution in [0.3, 0.4) is 0 Å². The summed E-state index contributed by atoms with van der Waals surface area (Å²) in [4.78, 5) is 21.8. The number of rotatable bonds is 5. The second kappa shape index (κ2) is 7.12. The Morgan fingerprint density at radius 1 is 1.04 bits per heavy atom. The van der Waals surface area contributed by atoms with Crippen LogP contribution in [-0.2, 0) is 12.6 Å². The molecule has 8 heteroatoms. The summed E-state index contributed by atoms with van der Waals surface area (Å²) in [7, 11) is 0. The van der Waals surface area contributed by atoms with E-state index in [0.717, 1.165) is 12.1 Å². The minimum absolute atomic E-state index is 0.115. The number of halogens is 3. The molecule has 0 unspecified atom stereocenters. The van der Waals surface area contributed by atoms with Gasteiger partial charge in [0.05, 0.1) is 10.5 Å². The second-order valence-corrected chi connectivity index (χ2v) is 5.00. The van der Waals surface area contributed by atoms with E-state index in [4.69, 9.17) is 0 Å². The van der Waals surface area contributed by atoms with Crippen molar-refractivity contribution in [3.8, 4) is 0 Å². The molecule has 0 spiro atoms. The minimum Gasteiger partial charge on any atom is -0.352 e. The number of nitrogens with zero attached hydrogens (tertiary/aromatic N) is 1. The van der Waals surface area contributed by atoms with E-state index in [1.165, 1.54) is 36.4 Å². The molecule has 1 amide bonds. The minimum atomic E-state index is -4.37. The topological polar surface area (TPSA) is 72.2 Å². The molecule has 0 aliphatic heterocycles. The van der Waals surface area contributed by atoms with E-state index in [1.807, 2.05) is 0 Å². The maximum absolute atomic E-state index is 12.4. The summed E-state index contributed by atoms with van der Waals surface area (Å²) in [5.41, 5.74) is 0.0949. The molecule has 2 rings (SSSR count). The van der Waals surface area contributed by atoms with E-state index in [9.17, 15) is 28.1 Å². The Hall–Kier alpha value is -2.90. The van der Waals surface area contributed by atoms with Gasteiger partial charge in [0, 0.05) is 24.2 Å². The van der Waals surface area contributed by atoms with Gasteiger partial charge in [-0.15, -0.1) is 0 Å². The van der Waals surface area contributed by atoms with Crippen LogP contribution in [0.25, 0.3) is 0 Å². The third-order valence-corrected chi connectivity index (χ3v) is 3.32. The van der Waals surface area contributed by atoms with Crippen LogP contribution in [-0.4, -0.2) is 17.4 Å². The molecule has 0 saturated carbocycles. The number of alkyl halides is 3. The molecule has 0 bridgehead atoms. The fraction of sp³-hybridized carbons (Fsp3) is 0.188. The fourth-order valence-corrected chi connectivity index (χ4v) is 2.02. The molecule has 0 heterocycles. The van der Waals surface area contributed by atoms with Crippen LogP contribution in [0.5, 0.6) is 0 Å². The van der Waals surface area contributed by atoms with Crippen LogP contribution in [0.4, 0.5) is 18.9 Å². The van der Waals surface area contributed by atoms with Gasteiger partial charge in [0.25, 0.3) is 11.6 Å². The zero-order chi connectivity index (χ0) is 17.7. The van der Waals surface area contributed by atoms with Crippen molar-refractivity contribution in [3.63, 3.8) is 0 Å². The molecule has 2 aromatic rings. The van der Waals surface area contributed by atoms with Gasteiger partial charge in [0.15, 0.2) is 0 Å². The number of hydrogen-bond donors (Lipinski definition) is 1. The first kappa shape index (κ1) is 17.5. The molecule has 5 nitrogen and oxygen atoms in total. The summed E-state index contributed by atoms with van der Waals surface area (Å²) in [5, 5.41) is 13.1. The number of nitrogens with one attached hydrogen (secondary N) is 1. The number of nitro groups is 1. The van der Waals surface area contributed by atoms with Crippen molar-refractivity contribution in [2.24, 2.45) is 0 Å². The van der Waals surface area contributed by atoms with Crippen LogP contribution in [0, 0.1) is 10.1 Å². The van der Waals surface area contributed by atoms with E-state index in [-0.39, 0.29) is 17.8 Å². The average Bonchev–Trinajstić information content (AvgIpc) is 2.54. The molecule has 0 fully saturated rings. The predicted octanol–water partition coefficient (Wildman–Crippen LogP) is 3.59. The van der Waals surface area contributed by atoms with Crippen molar-refractivity contribution in [3.05, 3.63) is 75.3 Å². The number of carbonyl (C=O) groups excluding carboxylic acids is 1. The fourth-order valence-electron chi connectivity index (χ4n) is 2.02. The number of hydrogen-bond acceptors (Lipinski definition) is 3. The highest BCUT2D eigenvalue weighted by atomic mass is 19.4. The van der Waals surface area contributed by atoms with Gasteiger partial charge in [-0.1, -0.05) is 12.1 Å². The lowest BCUT2D eigenvalue weighted by atomic mass is 10.1. The molecule has 1 N–H and O–H groups in total. The van der Waals surface area contributed by atoms with E-state index < -0.39 is 22.6 Å². The Kier molecular flexibility index (Phi) is 5.18. The van der Waals surface area contributed by atoms with Gasteiger partial charge in [-0.05, 0) is 36.2 Å². The van der Waals surface area contributed by atoms with E-state index in [2.05, 4.69) is 5.32 Å². The summed E-state index contributed by atoms with van der Waals surface area (Å²) in [6.45, 7) is 0.237. The Balaban J connectivity index is 1.87. The van der Waals surface area contributed by atoms with Crippen LogP contribution in [0.15, 0.2) is 48.5 Å². The maximum Gasteiger partial charge on any atom is 0.416 e. The Bertz CT molecular complexity index is 726. The normalized spacial score (nSPS) is 11.1.